The molecule has 1 aromatic carbocycles. The van der Waals surface area contributed by atoms with Gasteiger partial charge in [0.15, 0.2) is 16.6 Å². The Morgan fingerprint density at radius 2 is 2.25 bits per heavy atom. The lowest BCUT2D eigenvalue weighted by molar-refractivity contribution is -0.133. The Hall–Kier alpha value is -1.89. The Labute approximate surface area is 123 Å². The number of phenols is 1. The number of methoxy groups -OCH3 is 1. The first-order chi connectivity index (χ1) is 9.52. The molecule has 0 aliphatic carbocycles. The molecule has 0 bridgehead atoms. The van der Waals surface area contributed by atoms with E-state index in [9.17, 15) is 15.0 Å². The number of halogens is 1. The van der Waals surface area contributed by atoms with Crippen LogP contribution < -0.4 is 15.0 Å². The first-order valence-corrected chi connectivity index (χ1v) is 7.00. The van der Waals surface area contributed by atoms with Crippen LogP contribution in [0.1, 0.15) is 12.0 Å². The minimum Gasteiger partial charge on any atom is -0.504 e. The van der Waals surface area contributed by atoms with Crippen LogP contribution in [-0.4, -0.2) is 28.4 Å². The normalized spacial score (nSPS) is 20.3. The van der Waals surface area contributed by atoms with E-state index in [1.165, 1.54) is 7.11 Å². The van der Waals surface area contributed by atoms with E-state index in [4.69, 9.17) is 4.74 Å². The van der Waals surface area contributed by atoms with Crippen molar-refractivity contribution >= 4 is 27.6 Å². The second kappa shape index (κ2) is 4.59. The predicted octanol–water partition coefficient (Wildman–Crippen LogP) is 1.73. The molecular weight excluding hydrogens is 328 g/mol. The number of aliphatic carboxylic acids is 1. The molecule has 1 aromatic rings. The second-order valence-electron chi connectivity index (χ2n) is 4.63. The Morgan fingerprint density at radius 1 is 1.50 bits per heavy atom. The zero-order valence-corrected chi connectivity index (χ0v) is 12.3. The molecule has 106 valence electrons. The molecule has 20 heavy (non-hydrogen) atoms. The van der Waals surface area contributed by atoms with Gasteiger partial charge in [0, 0.05) is 6.07 Å². The summed E-state index contributed by atoms with van der Waals surface area (Å²) in [5, 5.41) is 21.7. The van der Waals surface area contributed by atoms with E-state index >= 15 is 0 Å². The highest BCUT2D eigenvalue weighted by Gasteiger charge is 2.37. The summed E-state index contributed by atoms with van der Waals surface area (Å²) in [5.41, 5.74) is 2.72. The summed E-state index contributed by atoms with van der Waals surface area (Å²) in [5.74, 6) is -0.517. The van der Waals surface area contributed by atoms with Gasteiger partial charge in [-0.2, -0.15) is 0 Å². The van der Waals surface area contributed by atoms with Crippen LogP contribution in [0.4, 0.5) is 5.69 Å². The molecule has 2 aliphatic heterocycles. The molecule has 2 heterocycles. The number of hydrogen-bond donors (Lipinski definition) is 3. The number of anilines is 1. The number of carboxylic acids is 1. The number of aromatic hydroxyl groups is 1. The van der Waals surface area contributed by atoms with Crippen molar-refractivity contribution < 1.29 is 19.7 Å². The third-order valence-electron chi connectivity index (χ3n) is 3.55. The van der Waals surface area contributed by atoms with Crippen LogP contribution in [0.25, 0.3) is 0 Å². The molecule has 2 aliphatic rings. The van der Waals surface area contributed by atoms with Gasteiger partial charge in [-0.1, -0.05) is 0 Å². The van der Waals surface area contributed by atoms with Crippen LogP contribution in [0.5, 0.6) is 11.5 Å². The lowest BCUT2D eigenvalue weighted by Crippen LogP contribution is -2.34. The zero-order valence-electron chi connectivity index (χ0n) is 10.7. The zero-order chi connectivity index (χ0) is 14.4. The summed E-state index contributed by atoms with van der Waals surface area (Å²) < 4.78 is 5.11. The Bertz CT molecular complexity index is 629. The molecule has 0 aromatic heterocycles. The summed E-state index contributed by atoms with van der Waals surface area (Å²) >= 11 is 3.42. The second-order valence-corrected chi connectivity index (χ2v) is 5.50. The van der Waals surface area contributed by atoms with Crippen molar-refractivity contribution in [1.29, 1.82) is 0 Å². The summed E-state index contributed by atoms with van der Waals surface area (Å²) in [6, 6.07) is 3.40. The van der Waals surface area contributed by atoms with Gasteiger partial charge in [-0.25, -0.2) is 4.79 Å². The number of nitrogens with zero attached hydrogens (tertiary/aromatic N) is 1. The van der Waals surface area contributed by atoms with Crippen LogP contribution in [-0.2, 0) is 11.2 Å². The Kier molecular flexibility index (Phi) is 3.01. The molecule has 0 saturated heterocycles. The number of aryl methyl sites for hydroxylation is 1. The molecule has 0 saturated carbocycles. The van der Waals surface area contributed by atoms with Crippen LogP contribution in [0.2, 0.25) is 0 Å². The molecule has 0 radical (unpaired) electrons. The molecule has 3 N–H and O–H groups in total. The smallest absolute Gasteiger partial charge is 0.353 e. The number of alkyl halides is 1. The number of rotatable bonds is 2. The van der Waals surface area contributed by atoms with Crippen LogP contribution >= 0.6 is 15.9 Å². The van der Waals surface area contributed by atoms with Gasteiger partial charge in [0.25, 0.3) is 0 Å². The fourth-order valence-corrected chi connectivity index (χ4v) is 3.36. The molecule has 0 amide bonds. The molecular formula is C13H13BrN2O4. The van der Waals surface area contributed by atoms with Crippen molar-refractivity contribution in [1.82, 2.24) is 5.32 Å². The molecule has 3 rings (SSSR count). The highest BCUT2D eigenvalue weighted by Crippen LogP contribution is 2.44. The predicted molar refractivity (Wildman–Crippen MR) is 76.0 cm³/mol. The maximum absolute atomic E-state index is 11.2. The van der Waals surface area contributed by atoms with E-state index in [2.05, 4.69) is 21.2 Å². The largest absolute Gasteiger partial charge is 0.504 e. The molecule has 0 spiro atoms. The summed E-state index contributed by atoms with van der Waals surface area (Å²) in [6.45, 7) is 0. The number of carbonyl (C=O) groups is 1. The number of phenolic OH excluding ortho intramolecular Hbond substituents is 1. The van der Waals surface area contributed by atoms with E-state index in [0.29, 0.717) is 18.6 Å². The molecule has 7 heteroatoms. The quantitative estimate of drug-likeness (QED) is 0.562. The molecule has 6 nitrogen and oxygen atoms in total. The minimum atomic E-state index is -0.979. The summed E-state index contributed by atoms with van der Waals surface area (Å²) in [6.07, 6.45) is 1.33. The monoisotopic (exact) mass is 340 g/mol. The van der Waals surface area contributed by atoms with Crippen molar-refractivity contribution in [3.8, 4) is 11.5 Å². The number of nitrogens with one attached hydrogen (secondary N) is 1. The standard InChI is InChI=1S/C13H13BrN2O4/c1-20-10-4-6-2-3-7-11(12(18)19)15-13(14)16(7)8(6)5-9(10)17/h4-5,13,15,17H,2-3H2,1H3,(H,18,19). The third-order valence-corrected chi connectivity index (χ3v) is 4.19. The third kappa shape index (κ3) is 1.81. The Morgan fingerprint density at radius 3 is 2.90 bits per heavy atom. The summed E-state index contributed by atoms with van der Waals surface area (Å²) in [4.78, 5) is 13.1. The van der Waals surface area contributed by atoms with E-state index < -0.39 is 5.97 Å². The van der Waals surface area contributed by atoms with Crippen molar-refractivity contribution in [3.05, 3.63) is 29.1 Å². The first-order valence-electron chi connectivity index (χ1n) is 6.09. The number of fused-ring (bicyclic) bond motifs is 3. The van der Waals surface area contributed by atoms with Gasteiger partial charge in [-0.05, 0) is 40.4 Å². The SMILES string of the molecule is COc1cc2c(cc1O)N1C(=C(C(=O)O)NC1Br)CC2. The van der Waals surface area contributed by atoms with E-state index in [0.717, 1.165) is 16.9 Å². The fourth-order valence-electron chi connectivity index (χ4n) is 2.66. The number of allylic oxidation sites excluding steroid dienone is 1. The average molecular weight is 341 g/mol. The van der Waals surface area contributed by atoms with Crippen LogP contribution in [0, 0.1) is 0 Å². The fraction of sp³-hybridized carbons (Fsp3) is 0.308. The van der Waals surface area contributed by atoms with Gasteiger partial charge in [0.05, 0.1) is 18.5 Å². The molecule has 1 unspecified atom stereocenters. The summed E-state index contributed by atoms with van der Waals surface area (Å²) in [7, 11) is 1.50. The average Bonchev–Trinajstić information content (AvgIpc) is 2.76. The number of ether oxygens (including phenoxy) is 1. The Balaban J connectivity index is 2.13. The van der Waals surface area contributed by atoms with Crippen molar-refractivity contribution in [3.63, 3.8) is 0 Å². The maximum Gasteiger partial charge on any atom is 0.353 e. The number of hydrogen-bond acceptors (Lipinski definition) is 5. The van der Waals surface area contributed by atoms with Gasteiger partial charge >= 0.3 is 5.97 Å². The van der Waals surface area contributed by atoms with Crippen molar-refractivity contribution in [2.45, 2.75) is 17.9 Å². The highest BCUT2D eigenvalue weighted by molar-refractivity contribution is 9.09. The van der Waals surface area contributed by atoms with Crippen LogP contribution in [0.15, 0.2) is 23.5 Å². The van der Waals surface area contributed by atoms with Crippen molar-refractivity contribution in [2.24, 2.45) is 0 Å². The van der Waals surface area contributed by atoms with Crippen molar-refractivity contribution in [2.75, 3.05) is 12.0 Å². The number of benzene rings is 1. The topological polar surface area (TPSA) is 82.0 Å². The van der Waals surface area contributed by atoms with Gasteiger partial charge in [-0.15, -0.1) is 0 Å². The minimum absolute atomic E-state index is 0.0379. The van der Waals surface area contributed by atoms with E-state index in [-0.39, 0.29) is 16.5 Å². The van der Waals surface area contributed by atoms with E-state index in [1.54, 1.807) is 12.1 Å². The lowest BCUT2D eigenvalue weighted by atomic mass is 9.98. The van der Waals surface area contributed by atoms with Crippen LogP contribution in [0.3, 0.4) is 0 Å². The molecule has 1 atom stereocenters. The van der Waals surface area contributed by atoms with Gasteiger partial charge in [-0.3, -0.25) is 0 Å². The van der Waals surface area contributed by atoms with E-state index in [1.807, 2.05) is 4.90 Å². The van der Waals surface area contributed by atoms with Gasteiger partial charge in [0.2, 0.25) is 0 Å². The maximum atomic E-state index is 11.2. The lowest BCUT2D eigenvalue weighted by Gasteiger charge is -2.32. The number of carboxylic acid groups (broad SMARTS) is 1. The van der Waals surface area contributed by atoms with Gasteiger partial charge < -0.3 is 25.2 Å². The van der Waals surface area contributed by atoms with Gasteiger partial charge in [0.1, 0.15) is 5.70 Å². The molecule has 0 fully saturated rings. The highest BCUT2D eigenvalue weighted by atomic mass is 79.9. The first kappa shape index (κ1) is 13.1.